The number of hydrogen-bond acceptors (Lipinski definition) is 5. The molecule has 0 aromatic carbocycles. The highest BCUT2D eigenvalue weighted by Crippen LogP contribution is 2.10. The zero-order valence-corrected chi connectivity index (χ0v) is 9.88. The molecule has 0 bridgehead atoms. The summed E-state index contributed by atoms with van der Waals surface area (Å²) in [4.78, 5) is 19.1. The van der Waals surface area contributed by atoms with Crippen molar-refractivity contribution in [1.29, 1.82) is 0 Å². The number of aromatic nitrogens is 2. The number of aromatic carboxylic acids is 1. The predicted octanol–water partition coefficient (Wildman–Crippen LogP) is 1.37. The number of furan rings is 1. The Kier molecular flexibility index (Phi) is 3.69. The van der Waals surface area contributed by atoms with Gasteiger partial charge in [0, 0.05) is 24.8 Å². The van der Waals surface area contributed by atoms with E-state index in [-0.39, 0.29) is 5.76 Å². The number of nitrogens with one attached hydrogen (secondary N) is 1. The van der Waals surface area contributed by atoms with Crippen LogP contribution in [0.3, 0.4) is 0 Å². The molecule has 0 amide bonds. The van der Waals surface area contributed by atoms with E-state index in [1.807, 2.05) is 13.0 Å². The minimum absolute atomic E-state index is 0.0265. The number of carboxylic acid groups (broad SMARTS) is 1. The standard InChI is InChI=1S/C12H13N3O3/c1-8-14-4-2-10(15-8)7-13-6-9-3-5-18-11(9)12(16)17/h2-5,13H,6-7H2,1H3,(H,16,17). The van der Waals surface area contributed by atoms with Crippen LogP contribution in [0, 0.1) is 6.92 Å². The highest BCUT2D eigenvalue weighted by Gasteiger charge is 2.13. The third kappa shape index (κ3) is 2.92. The van der Waals surface area contributed by atoms with Crippen molar-refractivity contribution in [3.05, 3.63) is 47.4 Å². The zero-order valence-electron chi connectivity index (χ0n) is 9.88. The lowest BCUT2D eigenvalue weighted by atomic mass is 10.2. The van der Waals surface area contributed by atoms with Crippen LogP contribution in [0.5, 0.6) is 0 Å². The van der Waals surface area contributed by atoms with E-state index in [0.717, 1.165) is 5.69 Å². The number of nitrogens with zero attached hydrogens (tertiary/aromatic N) is 2. The summed E-state index contributed by atoms with van der Waals surface area (Å²) in [7, 11) is 0. The van der Waals surface area contributed by atoms with Gasteiger partial charge in [0.1, 0.15) is 5.82 Å². The van der Waals surface area contributed by atoms with Gasteiger partial charge in [-0.05, 0) is 19.1 Å². The van der Waals surface area contributed by atoms with E-state index in [1.165, 1.54) is 6.26 Å². The van der Waals surface area contributed by atoms with Gasteiger partial charge in [-0.15, -0.1) is 0 Å². The van der Waals surface area contributed by atoms with Gasteiger partial charge in [0.05, 0.1) is 12.0 Å². The summed E-state index contributed by atoms with van der Waals surface area (Å²) < 4.78 is 4.88. The molecule has 0 aliphatic carbocycles. The highest BCUT2D eigenvalue weighted by molar-refractivity contribution is 5.86. The molecule has 2 rings (SSSR count). The molecule has 2 aromatic heterocycles. The van der Waals surface area contributed by atoms with Crippen molar-refractivity contribution < 1.29 is 14.3 Å². The largest absolute Gasteiger partial charge is 0.475 e. The van der Waals surface area contributed by atoms with E-state index < -0.39 is 5.97 Å². The fourth-order valence-electron chi connectivity index (χ4n) is 1.59. The number of carboxylic acids is 1. The van der Waals surface area contributed by atoms with Crippen molar-refractivity contribution in [2.75, 3.05) is 0 Å². The van der Waals surface area contributed by atoms with E-state index in [9.17, 15) is 4.79 Å². The van der Waals surface area contributed by atoms with Gasteiger partial charge in [0.15, 0.2) is 0 Å². The van der Waals surface area contributed by atoms with Crippen molar-refractivity contribution in [3.63, 3.8) is 0 Å². The molecule has 94 valence electrons. The summed E-state index contributed by atoms with van der Waals surface area (Å²) in [6, 6.07) is 3.45. The molecule has 0 saturated carbocycles. The Morgan fingerprint density at radius 1 is 1.44 bits per heavy atom. The van der Waals surface area contributed by atoms with Crippen molar-refractivity contribution in [3.8, 4) is 0 Å². The Morgan fingerprint density at radius 2 is 2.28 bits per heavy atom. The average Bonchev–Trinajstić information content (AvgIpc) is 2.77. The Bertz CT molecular complexity index is 551. The lowest BCUT2D eigenvalue weighted by Crippen LogP contribution is -2.15. The molecule has 2 N–H and O–H groups in total. The molecule has 0 aliphatic rings. The van der Waals surface area contributed by atoms with Crippen molar-refractivity contribution >= 4 is 5.97 Å². The van der Waals surface area contributed by atoms with E-state index >= 15 is 0 Å². The van der Waals surface area contributed by atoms with Gasteiger partial charge in [-0.3, -0.25) is 0 Å². The van der Waals surface area contributed by atoms with Crippen LogP contribution in [-0.2, 0) is 13.1 Å². The lowest BCUT2D eigenvalue weighted by Gasteiger charge is -2.03. The highest BCUT2D eigenvalue weighted by atomic mass is 16.4. The first kappa shape index (κ1) is 12.3. The molecule has 0 atom stereocenters. The van der Waals surface area contributed by atoms with Crippen molar-refractivity contribution in [2.24, 2.45) is 0 Å². The molecule has 6 nitrogen and oxygen atoms in total. The molecule has 0 fully saturated rings. The summed E-state index contributed by atoms with van der Waals surface area (Å²) in [6.45, 7) is 2.79. The van der Waals surface area contributed by atoms with Crippen LogP contribution in [0.4, 0.5) is 0 Å². The summed E-state index contributed by atoms with van der Waals surface area (Å²) >= 11 is 0. The van der Waals surface area contributed by atoms with E-state index in [1.54, 1.807) is 12.3 Å². The zero-order chi connectivity index (χ0) is 13.0. The molecular weight excluding hydrogens is 234 g/mol. The topological polar surface area (TPSA) is 88.2 Å². The van der Waals surface area contributed by atoms with Gasteiger partial charge in [-0.1, -0.05) is 0 Å². The summed E-state index contributed by atoms with van der Waals surface area (Å²) in [5, 5.41) is 12.0. The Morgan fingerprint density at radius 3 is 3.00 bits per heavy atom. The van der Waals surface area contributed by atoms with Crippen molar-refractivity contribution in [1.82, 2.24) is 15.3 Å². The van der Waals surface area contributed by atoms with E-state index in [4.69, 9.17) is 9.52 Å². The van der Waals surface area contributed by atoms with Gasteiger partial charge < -0.3 is 14.8 Å². The van der Waals surface area contributed by atoms with Crippen molar-refractivity contribution in [2.45, 2.75) is 20.0 Å². The Balaban J connectivity index is 1.92. The molecule has 6 heteroatoms. The smallest absolute Gasteiger partial charge is 0.372 e. The van der Waals surface area contributed by atoms with Crippen LogP contribution < -0.4 is 5.32 Å². The maximum atomic E-state index is 10.8. The minimum atomic E-state index is -1.06. The first-order chi connectivity index (χ1) is 8.66. The molecule has 0 radical (unpaired) electrons. The maximum Gasteiger partial charge on any atom is 0.372 e. The minimum Gasteiger partial charge on any atom is -0.475 e. The van der Waals surface area contributed by atoms with Gasteiger partial charge in [-0.2, -0.15) is 0 Å². The Labute approximate surface area is 104 Å². The average molecular weight is 247 g/mol. The molecule has 0 spiro atoms. The molecule has 0 unspecified atom stereocenters. The van der Waals surface area contributed by atoms with Gasteiger partial charge in [0.2, 0.25) is 5.76 Å². The number of carbonyl (C=O) groups is 1. The summed E-state index contributed by atoms with van der Waals surface area (Å²) in [5.74, 6) is -0.375. The van der Waals surface area contributed by atoms with Crippen LogP contribution in [0.15, 0.2) is 29.0 Å². The summed E-state index contributed by atoms with van der Waals surface area (Å²) in [6.07, 6.45) is 3.06. The fraction of sp³-hybridized carbons (Fsp3) is 0.250. The second-order valence-corrected chi connectivity index (χ2v) is 3.78. The van der Waals surface area contributed by atoms with E-state index in [0.29, 0.717) is 24.5 Å². The maximum absolute atomic E-state index is 10.8. The van der Waals surface area contributed by atoms with Crippen LogP contribution in [0.1, 0.15) is 27.6 Å². The second-order valence-electron chi connectivity index (χ2n) is 3.78. The SMILES string of the molecule is Cc1nccc(CNCc2ccoc2C(=O)O)n1. The first-order valence-corrected chi connectivity index (χ1v) is 5.45. The molecular formula is C12H13N3O3. The lowest BCUT2D eigenvalue weighted by molar-refractivity contribution is 0.0660. The molecule has 18 heavy (non-hydrogen) atoms. The monoisotopic (exact) mass is 247 g/mol. The van der Waals surface area contributed by atoms with Gasteiger partial charge >= 0.3 is 5.97 Å². The van der Waals surface area contributed by atoms with Gasteiger partial charge in [0.25, 0.3) is 0 Å². The van der Waals surface area contributed by atoms with Crippen LogP contribution in [0.25, 0.3) is 0 Å². The predicted molar refractivity (Wildman–Crippen MR) is 63.0 cm³/mol. The molecule has 2 heterocycles. The first-order valence-electron chi connectivity index (χ1n) is 5.45. The van der Waals surface area contributed by atoms with Crippen LogP contribution in [0.2, 0.25) is 0 Å². The molecule has 0 aliphatic heterocycles. The molecule has 0 saturated heterocycles. The quantitative estimate of drug-likeness (QED) is 0.829. The second kappa shape index (κ2) is 5.42. The number of hydrogen-bond donors (Lipinski definition) is 2. The Hall–Kier alpha value is -2.21. The van der Waals surface area contributed by atoms with Gasteiger partial charge in [-0.25, -0.2) is 14.8 Å². The summed E-state index contributed by atoms with van der Waals surface area (Å²) in [5.41, 5.74) is 1.48. The van der Waals surface area contributed by atoms with Crippen LogP contribution >= 0.6 is 0 Å². The fourth-order valence-corrected chi connectivity index (χ4v) is 1.59. The normalized spacial score (nSPS) is 10.5. The number of rotatable bonds is 5. The number of aryl methyl sites for hydroxylation is 1. The third-order valence-corrected chi connectivity index (χ3v) is 2.40. The van der Waals surface area contributed by atoms with Crippen LogP contribution in [-0.4, -0.2) is 21.0 Å². The van der Waals surface area contributed by atoms with E-state index in [2.05, 4.69) is 15.3 Å². The third-order valence-electron chi connectivity index (χ3n) is 2.40. The molecule has 2 aromatic rings.